The van der Waals surface area contributed by atoms with Gasteiger partial charge in [-0.25, -0.2) is 0 Å². The highest BCUT2D eigenvalue weighted by Crippen LogP contribution is 2.30. The van der Waals surface area contributed by atoms with E-state index in [0.717, 1.165) is 10.1 Å². The number of hydrogen-bond acceptors (Lipinski definition) is 3. The Labute approximate surface area is 125 Å². The second kappa shape index (κ2) is 5.27. The van der Waals surface area contributed by atoms with Gasteiger partial charge < -0.3 is 4.74 Å². The van der Waals surface area contributed by atoms with Crippen molar-refractivity contribution in [2.75, 3.05) is 7.11 Å². The number of hydrogen-bond donors (Lipinski definition) is 0. The number of carbonyl (C=O) groups excluding carboxylic acids is 1. The first-order valence-electron chi connectivity index (χ1n) is 6.05. The molecule has 0 N–H and O–H groups in total. The fourth-order valence-corrected chi connectivity index (χ4v) is 3.24. The molecule has 0 atom stereocenters. The van der Waals surface area contributed by atoms with Gasteiger partial charge in [0.15, 0.2) is 5.78 Å². The Kier molecular flexibility index (Phi) is 3.47. The highest BCUT2D eigenvalue weighted by atomic mass is 35.5. The maximum atomic E-state index is 12.7. The van der Waals surface area contributed by atoms with E-state index >= 15 is 0 Å². The molecule has 0 aliphatic rings. The van der Waals surface area contributed by atoms with Crippen LogP contribution in [0.4, 0.5) is 0 Å². The minimum Gasteiger partial charge on any atom is -0.496 e. The van der Waals surface area contributed by atoms with E-state index < -0.39 is 0 Å². The van der Waals surface area contributed by atoms with E-state index in [0.29, 0.717) is 21.9 Å². The summed E-state index contributed by atoms with van der Waals surface area (Å²) in [7, 11) is 1.54. The van der Waals surface area contributed by atoms with Crippen LogP contribution in [-0.2, 0) is 0 Å². The summed E-state index contributed by atoms with van der Waals surface area (Å²) in [5.74, 6) is 0.447. The summed E-state index contributed by atoms with van der Waals surface area (Å²) < 4.78 is 6.26. The van der Waals surface area contributed by atoms with E-state index in [1.54, 1.807) is 29.5 Å². The Morgan fingerprint density at radius 1 is 1.15 bits per heavy atom. The SMILES string of the molecule is COc1cc(Cl)ccc1C(=O)c1cccc2ccsc12. The second-order valence-corrected chi connectivity index (χ2v) is 5.67. The van der Waals surface area contributed by atoms with Crippen LogP contribution in [0.1, 0.15) is 15.9 Å². The van der Waals surface area contributed by atoms with Crippen molar-refractivity contribution >= 4 is 38.8 Å². The fraction of sp³-hybridized carbons (Fsp3) is 0.0625. The predicted molar refractivity (Wildman–Crippen MR) is 83.3 cm³/mol. The summed E-state index contributed by atoms with van der Waals surface area (Å²) in [6.45, 7) is 0. The summed E-state index contributed by atoms with van der Waals surface area (Å²) >= 11 is 7.50. The lowest BCUT2D eigenvalue weighted by molar-refractivity contribution is 0.103. The molecule has 2 aromatic carbocycles. The molecule has 0 spiro atoms. The fourth-order valence-electron chi connectivity index (χ4n) is 2.17. The minimum atomic E-state index is -0.0495. The van der Waals surface area contributed by atoms with Crippen LogP contribution in [0, 0.1) is 0 Å². The largest absolute Gasteiger partial charge is 0.496 e. The molecule has 0 amide bonds. The smallest absolute Gasteiger partial charge is 0.198 e. The number of ether oxygens (including phenoxy) is 1. The Morgan fingerprint density at radius 3 is 2.80 bits per heavy atom. The second-order valence-electron chi connectivity index (χ2n) is 4.32. The van der Waals surface area contributed by atoms with E-state index in [1.165, 1.54) is 7.11 Å². The first kappa shape index (κ1) is 13.2. The molecule has 4 heteroatoms. The molecule has 0 unspecified atom stereocenters. The van der Waals surface area contributed by atoms with Crippen LogP contribution in [-0.4, -0.2) is 12.9 Å². The summed E-state index contributed by atoms with van der Waals surface area (Å²) in [5.41, 5.74) is 1.22. The minimum absolute atomic E-state index is 0.0495. The Morgan fingerprint density at radius 2 is 2.00 bits per heavy atom. The molecule has 0 saturated heterocycles. The highest BCUT2D eigenvalue weighted by Gasteiger charge is 2.17. The number of halogens is 1. The molecular weight excluding hydrogens is 292 g/mol. The van der Waals surface area contributed by atoms with Crippen molar-refractivity contribution in [2.24, 2.45) is 0 Å². The van der Waals surface area contributed by atoms with Gasteiger partial charge in [-0.3, -0.25) is 4.79 Å². The van der Waals surface area contributed by atoms with E-state index in [9.17, 15) is 4.79 Å². The molecule has 0 aliphatic heterocycles. The standard InChI is InChI=1S/C16H11ClO2S/c1-19-14-9-11(17)5-6-12(14)15(18)13-4-2-3-10-7-8-20-16(10)13/h2-9H,1H3. The predicted octanol–water partition coefficient (Wildman–Crippen LogP) is 4.79. The van der Waals surface area contributed by atoms with Crippen LogP contribution in [0.25, 0.3) is 10.1 Å². The van der Waals surface area contributed by atoms with Crippen molar-refractivity contribution in [2.45, 2.75) is 0 Å². The zero-order valence-electron chi connectivity index (χ0n) is 10.7. The molecule has 0 bridgehead atoms. The number of benzene rings is 2. The average Bonchev–Trinajstić information content (AvgIpc) is 2.94. The molecule has 0 radical (unpaired) electrons. The van der Waals surface area contributed by atoms with E-state index in [2.05, 4.69) is 0 Å². The average molecular weight is 303 g/mol. The van der Waals surface area contributed by atoms with Crippen molar-refractivity contribution in [3.8, 4) is 5.75 Å². The van der Waals surface area contributed by atoms with E-state index in [4.69, 9.17) is 16.3 Å². The number of rotatable bonds is 3. The van der Waals surface area contributed by atoms with Crippen molar-refractivity contribution in [3.63, 3.8) is 0 Å². The van der Waals surface area contributed by atoms with Gasteiger partial charge in [0.2, 0.25) is 0 Å². The number of thiophene rings is 1. The molecule has 0 aliphatic carbocycles. The number of methoxy groups -OCH3 is 1. The van der Waals surface area contributed by atoms with Crippen molar-refractivity contribution < 1.29 is 9.53 Å². The van der Waals surface area contributed by atoms with Gasteiger partial charge in [0.05, 0.1) is 12.7 Å². The first-order chi connectivity index (χ1) is 9.70. The molecule has 0 fully saturated rings. The van der Waals surface area contributed by atoms with Gasteiger partial charge in [0.25, 0.3) is 0 Å². The lowest BCUT2D eigenvalue weighted by Crippen LogP contribution is -2.04. The maximum absolute atomic E-state index is 12.7. The molecule has 2 nitrogen and oxygen atoms in total. The molecule has 1 aromatic heterocycles. The molecule has 100 valence electrons. The van der Waals surface area contributed by atoms with E-state index in [1.807, 2.05) is 29.6 Å². The van der Waals surface area contributed by atoms with Gasteiger partial charge in [0, 0.05) is 15.3 Å². The van der Waals surface area contributed by atoms with Gasteiger partial charge >= 0.3 is 0 Å². The van der Waals surface area contributed by atoms with Crippen LogP contribution in [0.15, 0.2) is 47.8 Å². The Bertz CT molecular complexity index is 792. The zero-order chi connectivity index (χ0) is 14.1. The Balaban J connectivity index is 2.15. The molecule has 1 heterocycles. The zero-order valence-corrected chi connectivity index (χ0v) is 12.3. The number of ketones is 1. The van der Waals surface area contributed by atoms with Crippen LogP contribution >= 0.6 is 22.9 Å². The first-order valence-corrected chi connectivity index (χ1v) is 7.31. The van der Waals surface area contributed by atoms with Crippen LogP contribution in [0.2, 0.25) is 5.02 Å². The van der Waals surface area contributed by atoms with Gasteiger partial charge in [-0.1, -0.05) is 23.7 Å². The van der Waals surface area contributed by atoms with Gasteiger partial charge in [-0.2, -0.15) is 0 Å². The normalized spacial score (nSPS) is 10.7. The lowest BCUT2D eigenvalue weighted by Gasteiger charge is -2.08. The van der Waals surface area contributed by atoms with Crippen LogP contribution < -0.4 is 4.74 Å². The summed E-state index contributed by atoms with van der Waals surface area (Å²) in [4.78, 5) is 12.7. The molecule has 3 rings (SSSR count). The van der Waals surface area contributed by atoms with Crippen LogP contribution in [0.3, 0.4) is 0 Å². The monoisotopic (exact) mass is 302 g/mol. The third-order valence-corrected chi connectivity index (χ3v) is 4.33. The maximum Gasteiger partial charge on any atom is 0.198 e. The van der Waals surface area contributed by atoms with E-state index in [-0.39, 0.29) is 5.78 Å². The quantitative estimate of drug-likeness (QED) is 0.650. The topological polar surface area (TPSA) is 26.3 Å². The summed E-state index contributed by atoms with van der Waals surface area (Å²) in [6.07, 6.45) is 0. The van der Waals surface area contributed by atoms with Crippen molar-refractivity contribution in [1.29, 1.82) is 0 Å². The summed E-state index contributed by atoms with van der Waals surface area (Å²) in [5, 5.41) is 3.61. The lowest BCUT2D eigenvalue weighted by atomic mass is 10.0. The third-order valence-electron chi connectivity index (χ3n) is 3.13. The van der Waals surface area contributed by atoms with Gasteiger partial charge in [0.1, 0.15) is 5.75 Å². The molecule has 3 aromatic rings. The summed E-state index contributed by atoms with van der Waals surface area (Å²) in [6, 6.07) is 12.8. The Hall–Kier alpha value is -1.84. The van der Waals surface area contributed by atoms with Crippen molar-refractivity contribution in [3.05, 3.63) is 64.0 Å². The highest BCUT2D eigenvalue weighted by molar-refractivity contribution is 7.17. The van der Waals surface area contributed by atoms with Gasteiger partial charge in [-0.15, -0.1) is 11.3 Å². The molecule has 20 heavy (non-hydrogen) atoms. The number of fused-ring (bicyclic) bond motifs is 1. The molecule has 0 saturated carbocycles. The third kappa shape index (κ3) is 2.19. The molecular formula is C16H11ClO2S. The number of carbonyl (C=O) groups is 1. The van der Waals surface area contributed by atoms with Crippen molar-refractivity contribution in [1.82, 2.24) is 0 Å². The van der Waals surface area contributed by atoms with Crippen LogP contribution in [0.5, 0.6) is 5.75 Å². The van der Waals surface area contributed by atoms with Gasteiger partial charge in [-0.05, 0) is 41.1 Å².